The quantitative estimate of drug-likeness (QED) is 0.853. The van der Waals surface area contributed by atoms with Gasteiger partial charge < -0.3 is 10.1 Å². The second-order valence-corrected chi connectivity index (χ2v) is 5.10. The van der Waals surface area contributed by atoms with E-state index in [2.05, 4.69) is 41.9 Å². The Morgan fingerprint density at radius 2 is 2.06 bits per heavy atom. The van der Waals surface area contributed by atoms with Gasteiger partial charge in [0.05, 0.1) is 12.6 Å². The average molecular weight is 261 g/mol. The highest BCUT2D eigenvalue weighted by atomic mass is 32.1. The molecular formula is C15H19NOS. The molecule has 2 nitrogen and oxygen atoms in total. The summed E-state index contributed by atoms with van der Waals surface area (Å²) in [6.45, 7) is 2.88. The van der Waals surface area contributed by atoms with E-state index in [-0.39, 0.29) is 6.04 Å². The number of ether oxygens (including phenoxy) is 1. The van der Waals surface area contributed by atoms with Gasteiger partial charge in [-0.05, 0) is 31.0 Å². The zero-order valence-electron chi connectivity index (χ0n) is 10.8. The van der Waals surface area contributed by atoms with E-state index in [1.54, 1.807) is 11.3 Å². The van der Waals surface area contributed by atoms with Crippen molar-refractivity contribution >= 4 is 11.3 Å². The molecule has 0 saturated heterocycles. The SMILES string of the molecule is CCCOc1ccccc1C(NC)c1cccs1. The summed E-state index contributed by atoms with van der Waals surface area (Å²) in [6.07, 6.45) is 1.03. The molecule has 1 unspecified atom stereocenters. The van der Waals surface area contributed by atoms with Crippen molar-refractivity contribution in [3.8, 4) is 5.75 Å². The predicted molar refractivity (Wildman–Crippen MR) is 77.4 cm³/mol. The summed E-state index contributed by atoms with van der Waals surface area (Å²) in [5.74, 6) is 0.979. The van der Waals surface area contributed by atoms with E-state index in [1.165, 1.54) is 10.4 Å². The van der Waals surface area contributed by atoms with Gasteiger partial charge in [-0.15, -0.1) is 11.3 Å². The van der Waals surface area contributed by atoms with Gasteiger partial charge in [-0.25, -0.2) is 0 Å². The lowest BCUT2D eigenvalue weighted by Gasteiger charge is -2.19. The molecule has 2 aromatic rings. The van der Waals surface area contributed by atoms with E-state index in [4.69, 9.17) is 4.74 Å². The standard InChI is InChI=1S/C15H19NOS/c1-3-10-17-13-8-5-4-7-12(13)15(16-2)14-9-6-11-18-14/h4-9,11,15-16H,3,10H2,1-2H3. The van der Waals surface area contributed by atoms with Crippen LogP contribution in [0.1, 0.15) is 29.8 Å². The van der Waals surface area contributed by atoms with Crippen LogP contribution in [0, 0.1) is 0 Å². The lowest BCUT2D eigenvalue weighted by atomic mass is 10.0. The summed E-state index contributed by atoms with van der Waals surface area (Å²) in [5.41, 5.74) is 1.20. The van der Waals surface area contributed by atoms with E-state index in [0.29, 0.717) is 0 Å². The Morgan fingerprint density at radius 1 is 1.22 bits per heavy atom. The maximum atomic E-state index is 5.83. The zero-order valence-corrected chi connectivity index (χ0v) is 11.7. The molecule has 0 spiro atoms. The van der Waals surface area contributed by atoms with E-state index < -0.39 is 0 Å². The van der Waals surface area contributed by atoms with Crippen molar-refractivity contribution in [2.75, 3.05) is 13.7 Å². The van der Waals surface area contributed by atoms with Crippen LogP contribution >= 0.6 is 11.3 Å². The van der Waals surface area contributed by atoms with Crippen LogP contribution in [0.4, 0.5) is 0 Å². The monoisotopic (exact) mass is 261 g/mol. The Labute approximate surface area is 113 Å². The molecule has 18 heavy (non-hydrogen) atoms. The van der Waals surface area contributed by atoms with E-state index in [9.17, 15) is 0 Å². The molecule has 1 aromatic carbocycles. The van der Waals surface area contributed by atoms with Crippen molar-refractivity contribution in [1.82, 2.24) is 5.32 Å². The number of hydrogen-bond donors (Lipinski definition) is 1. The van der Waals surface area contributed by atoms with Gasteiger partial charge in [0.2, 0.25) is 0 Å². The largest absolute Gasteiger partial charge is 0.493 e. The van der Waals surface area contributed by atoms with Crippen LogP contribution in [0.25, 0.3) is 0 Å². The summed E-state index contributed by atoms with van der Waals surface area (Å²) in [6, 6.07) is 12.7. The molecule has 3 heteroatoms. The van der Waals surface area contributed by atoms with Crippen molar-refractivity contribution in [3.63, 3.8) is 0 Å². The molecule has 1 N–H and O–H groups in total. The van der Waals surface area contributed by atoms with Crippen LogP contribution in [0.5, 0.6) is 5.75 Å². The third-order valence-electron chi connectivity index (χ3n) is 2.81. The van der Waals surface area contributed by atoms with Gasteiger partial charge in [-0.3, -0.25) is 0 Å². The minimum Gasteiger partial charge on any atom is -0.493 e. The molecule has 1 atom stereocenters. The van der Waals surface area contributed by atoms with Crippen molar-refractivity contribution in [1.29, 1.82) is 0 Å². The number of para-hydroxylation sites is 1. The zero-order chi connectivity index (χ0) is 12.8. The van der Waals surface area contributed by atoms with Crippen LogP contribution in [0.15, 0.2) is 41.8 Å². The molecule has 0 amide bonds. The fraction of sp³-hybridized carbons (Fsp3) is 0.333. The number of thiophene rings is 1. The molecule has 96 valence electrons. The van der Waals surface area contributed by atoms with Crippen LogP contribution in [-0.2, 0) is 0 Å². The van der Waals surface area contributed by atoms with Crippen molar-refractivity contribution in [2.45, 2.75) is 19.4 Å². The molecule has 0 aliphatic rings. The first-order valence-corrected chi connectivity index (χ1v) is 7.17. The molecule has 0 bridgehead atoms. The fourth-order valence-corrected chi connectivity index (χ4v) is 2.82. The van der Waals surface area contributed by atoms with Crippen LogP contribution in [0.2, 0.25) is 0 Å². The van der Waals surface area contributed by atoms with Crippen LogP contribution < -0.4 is 10.1 Å². The molecule has 0 radical (unpaired) electrons. The van der Waals surface area contributed by atoms with Crippen LogP contribution in [-0.4, -0.2) is 13.7 Å². The summed E-state index contributed by atoms with van der Waals surface area (Å²) < 4.78 is 5.83. The third kappa shape index (κ3) is 2.92. The number of benzene rings is 1. The molecule has 0 fully saturated rings. The Hall–Kier alpha value is -1.32. The van der Waals surface area contributed by atoms with E-state index in [0.717, 1.165) is 18.8 Å². The minimum absolute atomic E-state index is 0.207. The number of nitrogens with one attached hydrogen (secondary N) is 1. The van der Waals surface area contributed by atoms with Crippen molar-refractivity contribution in [3.05, 3.63) is 52.2 Å². The topological polar surface area (TPSA) is 21.3 Å². The highest BCUT2D eigenvalue weighted by molar-refractivity contribution is 7.10. The highest BCUT2D eigenvalue weighted by Crippen LogP contribution is 2.32. The lowest BCUT2D eigenvalue weighted by Crippen LogP contribution is -2.17. The van der Waals surface area contributed by atoms with Gasteiger partial charge in [0.25, 0.3) is 0 Å². The Bertz CT molecular complexity index is 467. The Morgan fingerprint density at radius 3 is 2.72 bits per heavy atom. The van der Waals surface area contributed by atoms with Gasteiger partial charge in [0.15, 0.2) is 0 Å². The third-order valence-corrected chi connectivity index (χ3v) is 3.75. The first-order chi connectivity index (χ1) is 8.86. The normalized spacial score (nSPS) is 12.3. The van der Waals surface area contributed by atoms with Crippen molar-refractivity contribution in [2.24, 2.45) is 0 Å². The molecule has 1 heterocycles. The molecule has 0 saturated carbocycles. The van der Waals surface area contributed by atoms with Gasteiger partial charge >= 0.3 is 0 Å². The van der Waals surface area contributed by atoms with E-state index >= 15 is 0 Å². The summed E-state index contributed by atoms with van der Waals surface area (Å²) >= 11 is 1.76. The fourth-order valence-electron chi connectivity index (χ4n) is 1.97. The molecule has 0 aliphatic carbocycles. The van der Waals surface area contributed by atoms with E-state index in [1.807, 2.05) is 19.2 Å². The lowest BCUT2D eigenvalue weighted by molar-refractivity contribution is 0.312. The Balaban J connectivity index is 2.30. The maximum absolute atomic E-state index is 5.83. The van der Waals surface area contributed by atoms with Gasteiger partial charge in [-0.2, -0.15) is 0 Å². The van der Waals surface area contributed by atoms with Crippen molar-refractivity contribution < 1.29 is 4.74 Å². The van der Waals surface area contributed by atoms with Gasteiger partial charge in [0.1, 0.15) is 5.75 Å². The number of rotatable bonds is 6. The number of hydrogen-bond acceptors (Lipinski definition) is 3. The molecule has 2 rings (SSSR count). The minimum atomic E-state index is 0.207. The Kier molecular flexibility index (Phi) is 4.79. The summed E-state index contributed by atoms with van der Waals surface area (Å²) in [5, 5.41) is 5.47. The first kappa shape index (κ1) is 13.1. The first-order valence-electron chi connectivity index (χ1n) is 6.29. The van der Waals surface area contributed by atoms with Gasteiger partial charge in [0, 0.05) is 10.4 Å². The summed E-state index contributed by atoms with van der Waals surface area (Å²) in [7, 11) is 1.99. The highest BCUT2D eigenvalue weighted by Gasteiger charge is 2.16. The van der Waals surface area contributed by atoms with Gasteiger partial charge in [-0.1, -0.05) is 31.2 Å². The second kappa shape index (κ2) is 6.57. The average Bonchev–Trinajstić information content (AvgIpc) is 2.92. The maximum Gasteiger partial charge on any atom is 0.124 e. The smallest absolute Gasteiger partial charge is 0.124 e. The van der Waals surface area contributed by atoms with Crippen LogP contribution in [0.3, 0.4) is 0 Å². The summed E-state index contributed by atoms with van der Waals surface area (Å²) in [4.78, 5) is 1.31. The molecular weight excluding hydrogens is 242 g/mol. The predicted octanol–water partition coefficient (Wildman–Crippen LogP) is 3.85. The molecule has 0 aliphatic heterocycles. The molecule has 1 aromatic heterocycles. The second-order valence-electron chi connectivity index (χ2n) is 4.12.